The van der Waals surface area contributed by atoms with E-state index in [1.807, 2.05) is 0 Å². The van der Waals surface area contributed by atoms with Gasteiger partial charge in [-0.2, -0.15) is 5.10 Å². The van der Waals surface area contributed by atoms with Crippen LogP contribution in [0.25, 0.3) is 22.3 Å². The zero-order valence-corrected chi connectivity index (χ0v) is 14.5. The number of aromatic nitrogens is 3. The first-order valence-corrected chi connectivity index (χ1v) is 8.53. The normalized spacial score (nSPS) is 14.1. The smallest absolute Gasteiger partial charge is 0.325 e. The molecule has 0 saturated heterocycles. The van der Waals surface area contributed by atoms with Crippen molar-refractivity contribution in [1.82, 2.24) is 14.8 Å². The van der Waals surface area contributed by atoms with Gasteiger partial charge in [-0.05, 0) is 43.2 Å². The molecule has 1 fully saturated rings. The summed E-state index contributed by atoms with van der Waals surface area (Å²) in [7, 11) is 1.54. The summed E-state index contributed by atoms with van der Waals surface area (Å²) in [6.45, 7) is -0.426. The summed E-state index contributed by atoms with van der Waals surface area (Å²) < 4.78 is 34.0. The summed E-state index contributed by atoms with van der Waals surface area (Å²) in [4.78, 5) is 15.7. The van der Waals surface area contributed by atoms with Crippen molar-refractivity contribution in [3.05, 3.63) is 41.6 Å². The molecule has 2 aromatic heterocycles. The predicted octanol–water partition coefficient (Wildman–Crippen LogP) is 4.01. The van der Waals surface area contributed by atoms with Gasteiger partial charge in [-0.3, -0.25) is 4.79 Å². The molecule has 6 nitrogen and oxygen atoms in total. The van der Waals surface area contributed by atoms with E-state index in [1.165, 1.54) is 17.9 Å². The van der Waals surface area contributed by atoms with Gasteiger partial charge in [0.1, 0.15) is 12.3 Å². The zero-order chi connectivity index (χ0) is 19.1. The van der Waals surface area contributed by atoms with E-state index in [2.05, 4.69) is 10.1 Å². The van der Waals surface area contributed by atoms with Crippen LogP contribution in [0.2, 0.25) is 0 Å². The first-order valence-electron chi connectivity index (χ1n) is 8.53. The van der Waals surface area contributed by atoms with Crippen molar-refractivity contribution < 1.29 is 23.4 Å². The van der Waals surface area contributed by atoms with Crippen LogP contribution in [0.5, 0.6) is 5.75 Å². The first kappa shape index (κ1) is 17.4. The summed E-state index contributed by atoms with van der Waals surface area (Å²) in [6, 6.07) is 8.25. The fourth-order valence-electron chi connectivity index (χ4n) is 3.19. The van der Waals surface area contributed by atoms with E-state index < -0.39 is 18.9 Å². The van der Waals surface area contributed by atoms with Gasteiger partial charge in [0, 0.05) is 17.0 Å². The third kappa shape index (κ3) is 3.22. The molecule has 0 amide bonds. The number of halogens is 2. The number of fused-ring (bicyclic) bond motifs is 1. The Kier molecular flexibility index (Phi) is 4.25. The van der Waals surface area contributed by atoms with Gasteiger partial charge in [-0.25, -0.2) is 18.4 Å². The minimum absolute atomic E-state index is 0.0914. The number of aliphatic carboxylic acids is 1. The molecule has 0 spiro atoms. The van der Waals surface area contributed by atoms with Gasteiger partial charge in [0.2, 0.25) is 0 Å². The molecular weight excluding hydrogens is 356 g/mol. The van der Waals surface area contributed by atoms with E-state index in [4.69, 9.17) is 9.84 Å². The summed E-state index contributed by atoms with van der Waals surface area (Å²) in [6.07, 6.45) is -0.989. The van der Waals surface area contributed by atoms with Crippen molar-refractivity contribution in [2.75, 3.05) is 7.11 Å². The van der Waals surface area contributed by atoms with Crippen LogP contribution in [-0.2, 0) is 11.3 Å². The number of hydrogen-bond acceptors (Lipinski definition) is 4. The number of hydrogen-bond donors (Lipinski definition) is 1. The Labute approximate surface area is 153 Å². The van der Waals surface area contributed by atoms with E-state index in [0.717, 1.165) is 12.8 Å². The lowest BCUT2D eigenvalue weighted by molar-refractivity contribution is -0.137. The van der Waals surface area contributed by atoms with Crippen LogP contribution in [0.15, 0.2) is 30.3 Å². The van der Waals surface area contributed by atoms with E-state index in [9.17, 15) is 13.6 Å². The number of carbonyl (C=O) groups is 1. The van der Waals surface area contributed by atoms with Crippen LogP contribution in [0.4, 0.5) is 8.78 Å². The highest BCUT2D eigenvalue weighted by Gasteiger charge is 2.32. The Morgan fingerprint density at radius 3 is 2.59 bits per heavy atom. The number of alkyl halides is 2. The lowest BCUT2D eigenvalue weighted by Crippen LogP contribution is -2.11. The number of methoxy groups -OCH3 is 1. The van der Waals surface area contributed by atoms with Crippen LogP contribution >= 0.6 is 0 Å². The third-order valence-corrected chi connectivity index (χ3v) is 4.63. The van der Waals surface area contributed by atoms with Crippen molar-refractivity contribution >= 4 is 17.0 Å². The summed E-state index contributed by atoms with van der Waals surface area (Å²) >= 11 is 0. The molecule has 0 bridgehead atoms. The van der Waals surface area contributed by atoms with Gasteiger partial charge in [-0.1, -0.05) is 0 Å². The fourth-order valence-corrected chi connectivity index (χ4v) is 3.19. The number of rotatable bonds is 6. The Bertz CT molecular complexity index is 1010. The van der Waals surface area contributed by atoms with Crippen molar-refractivity contribution in [3.8, 4) is 17.0 Å². The van der Waals surface area contributed by atoms with Crippen LogP contribution in [0.1, 0.15) is 36.4 Å². The first-order chi connectivity index (χ1) is 13.0. The molecule has 1 aliphatic rings. The molecule has 0 radical (unpaired) electrons. The van der Waals surface area contributed by atoms with Gasteiger partial charge in [0.15, 0.2) is 5.65 Å². The number of benzene rings is 1. The molecule has 4 rings (SSSR count). The van der Waals surface area contributed by atoms with Crippen molar-refractivity contribution in [1.29, 1.82) is 0 Å². The molecule has 1 saturated carbocycles. The molecule has 27 heavy (non-hydrogen) atoms. The topological polar surface area (TPSA) is 77.2 Å². The SMILES string of the molecule is COc1ccc(-c2cc(C(F)F)c3c(C4CC4)nn(CC(=O)O)c3n2)cc1. The molecule has 0 unspecified atom stereocenters. The van der Waals surface area contributed by atoms with Crippen molar-refractivity contribution in [2.45, 2.75) is 31.7 Å². The molecule has 2 heterocycles. The van der Waals surface area contributed by atoms with Crippen molar-refractivity contribution in [3.63, 3.8) is 0 Å². The maximum absolute atomic E-state index is 13.8. The van der Waals surface area contributed by atoms with Crippen LogP contribution in [0, 0.1) is 0 Å². The van der Waals surface area contributed by atoms with Crippen LogP contribution in [0.3, 0.4) is 0 Å². The second-order valence-corrected chi connectivity index (χ2v) is 6.54. The quantitative estimate of drug-likeness (QED) is 0.707. The van der Waals surface area contributed by atoms with E-state index >= 15 is 0 Å². The minimum atomic E-state index is -2.72. The zero-order valence-electron chi connectivity index (χ0n) is 14.5. The molecule has 0 atom stereocenters. The Balaban J connectivity index is 1.94. The summed E-state index contributed by atoms with van der Waals surface area (Å²) in [5, 5.41) is 13.8. The second-order valence-electron chi connectivity index (χ2n) is 6.54. The van der Waals surface area contributed by atoms with E-state index in [-0.39, 0.29) is 22.5 Å². The Hall–Kier alpha value is -3.03. The predicted molar refractivity (Wildman–Crippen MR) is 94.1 cm³/mol. The third-order valence-electron chi connectivity index (χ3n) is 4.63. The van der Waals surface area contributed by atoms with Gasteiger partial charge >= 0.3 is 5.97 Å². The number of pyridine rings is 1. The largest absolute Gasteiger partial charge is 0.497 e. The molecule has 140 valence electrons. The minimum Gasteiger partial charge on any atom is -0.497 e. The van der Waals surface area contributed by atoms with Gasteiger partial charge in [0.05, 0.1) is 23.9 Å². The molecule has 1 aliphatic carbocycles. The molecule has 8 heteroatoms. The summed E-state index contributed by atoms with van der Waals surface area (Å²) in [5.74, 6) is -0.369. The van der Waals surface area contributed by atoms with Gasteiger partial charge in [-0.15, -0.1) is 0 Å². The monoisotopic (exact) mass is 373 g/mol. The molecule has 3 aromatic rings. The number of carboxylic acids is 1. The van der Waals surface area contributed by atoms with Crippen LogP contribution in [-0.4, -0.2) is 33.0 Å². The second kappa shape index (κ2) is 6.61. The van der Waals surface area contributed by atoms with E-state index in [0.29, 0.717) is 22.7 Å². The van der Waals surface area contributed by atoms with E-state index in [1.54, 1.807) is 24.3 Å². The lowest BCUT2D eigenvalue weighted by Gasteiger charge is -2.09. The molecule has 0 aliphatic heterocycles. The standard InChI is InChI=1S/C19H17F2N3O3/c1-27-12-6-4-10(5-7-12)14-8-13(18(20)21)16-17(11-2-3-11)23-24(9-15(25)26)19(16)22-14/h4-8,11,18H,2-3,9H2,1H3,(H,25,26). The maximum atomic E-state index is 13.8. The fraction of sp³-hybridized carbons (Fsp3) is 0.316. The lowest BCUT2D eigenvalue weighted by atomic mass is 10.0. The molecular formula is C19H17F2N3O3. The van der Waals surface area contributed by atoms with Gasteiger partial charge < -0.3 is 9.84 Å². The number of ether oxygens (including phenoxy) is 1. The molecule has 1 aromatic carbocycles. The van der Waals surface area contributed by atoms with Crippen molar-refractivity contribution in [2.24, 2.45) is 0 Å². The molecule has 1 N–H and O–H groups in total. The number of carboxylic acid groups (broad SMARTS) is 1. The van der Waals surface area contributed by atoms with Gasteiger partial charge in [0.25, 0.3) is 6.43 Å². The van der Waals surface area contributed by atoms with Crippen LogP contribution < -0.4 is 4.74 Å². The Morgan fingerprint density at radius 1 is 1.33 bits per heavy atom. The highest BCUT2D eigenvalue weighted by Crippen LogP contribution is 2.45. The number of nitrogens with zero attached hydrogens (tertiary/aromatic N) is 3. The maximum Gasteiger partial charge on any atom is 0.325 e. The summed E-state index contributed by atoms with van der Waals surface area (Å²) in [5.41, 5.74) is 1.52. The average Bonchev–Trinajstić information content (AvgIpc) is 3.44. The average molecular weight is 373 g/mol. The highest BCUT2D eigenvalue weighted by molar-refractivity contribution is 5.87. The highest BCUT2D eigenvalue weighted by atomic mass is 19.3. The Morgan fingerprint density at radius 2 is 2.04 bits per heavy atom.